The highest BCUT2D eigenvalue weighted by Crippen LogP contribution is 1.92. The number of hydrogen-bond donors (Lipinski definition) is 3. The van der Waals surface area contributed by atoms with E-state index in [9.17, 15) is 0 Å². The number of imidazole rings is 1. The monoisotopic (exact) mass is 157 g/mol. The van der Waals surface area contributed by atoms with Gasteiger partial charge in [-0.1, -0.05) is 0 Å². The molecule has 0 saturated carbocycles. The Morgan fingerprint density at radius 2 is 2.50 bits per heavy atom. The third-order valence-corrected chi connectivity index (χ3v) is 1.52. The van der Waals surface area contributed by atoms with E-state index in [4.69, 9.17) is 12.2 Å². The smallest absolute Gasteiger partial charge is 0.174 e. The predicted octanol–water partition coefficient (Wildman–Crippen LogP) is 0.834. The van der Waals surface area contributed by atoms with Crippen molar-refractivity contribution in [3.63, 3.8) is 0 Å². The molecule has 0 aliphatic carbocycles. The Bertz CT molecular complexity index is 237. The van der Waals surface area contributed by atoms with Crippen LogP contribution in [0.15, 0.2) is 6.20 Å². The molecule has 1 aromatic heterocycles. The Morgan fingerprint density at radius 1 is 1.70 bits per heavy atom. The molecule has 0 aromatic carbocycles. The van der Waals surface area contributed by atoms with Crippen LogP contribution >= 0.6 is 12.2 Å². The Balaban J connectivity index is 2.50. The number of aromatic nitrogens is 2. The lowest BCUT2D eigenvalue weighted by Crippen LogP contribution is -2.10. The van der Waals surface area contributed by atoms with Gasteiger partial charge in [-0.25, -0.2) is 0 Å². The molecule has 3 N–H and O–H groups in total. The maximum absolute atomic E-state index is 4.85. The summed E-state index contributed by atoms with van der Waals surface area (Å²) in [6.45, 7) is 0.975. The molecule has 10 heavy (non-hydrogen) atoms. The van der Waals surface area contributed by atoms with E-state index >= 15 is 0 Å². The first-order chi connectivity index (χ1) is 4.83. The van der Waals surface area contributed by atoms with E-state index in [0.717, 1.165) is 18.7 Å². The van der Waals surface area contributed by atoms with Gasteiger partial charge in [0, 0.05) is 24.9 Å². The largest absolute Gasteiger partial charge is 0.337 e. The highest BCUT2D eigenvalue weighted by molar-refractivity contribution is 7.71. The van der Waals surface area contributed by atoms with Gasteiger partial charge in [0.05, 0.1) is 0 Å². The van der Waals surface area contributed by atoms with Crippen LogP contribution in [-0.4, -0.2) is 23.6 Å². The van der Waals surface area contributed by atoms with Gasteiger partial charge in [-0.3, -0.25) is 0 Å². The number of hydrogen-bond acceptors (Lipinski definition) is 2. The molecule has 1 rings (SSSR count). The number of rotatable bonds is 3. The lowest BCUT2D eigenvalue weighted by atomic mass is 10.3. The Hall–Kier alpha value is -0.610. The van der Waals surface area contributed by atoms with Crippen LogP contribution in [0.3, 0.4) is 0 Å². The first kappa shape index (κ1) is 7.50. The fourth-order valence-electron chi connectivity index (χ4n) is 0.765. The molecule has 1 heterocycles. The quantitative estimate of drug-likeness (QED) is 0.569. The molecular weight excluding hydrogens is 146 g/mol. The zero-order chi connectivity index (χ0) is 7.40. The molecule has 0 aliphatic heterocycles. The van der Waals surface area contributed by atoms with Crippen LogP contribution in [0.2, 0.25) is 0 Å². The van der Waals surface area contributed by atoms with Crippen molar-refractivity contribution in [1.82, 2.24) is 15.3 Å². The Kier molecular flexibility index (Phi) is 2.65. The molecule has 0 aliphatic rings. The molecule has 0 bridgehead atoms. The summed E-state index contributed by atoms with van der Waals surface area (Å²) >= 11 is 4.85. The van der Waals surface area contributed by atoms with Crippen molar-refractivity contribution in [1.29, 1.82) is 0 Å². The third kappa shape index (κ3) is 1.97. The second-order valence-corrected chi connectivity index (χ2v) is 2.53. The average molecular weight is 157 g/mol. The topological polar surface area (TPSA) is 43.6 Å². The van der Waals surface area contributed by atoms with Crippen molar-refractivity contribution < 1.29 is 0 Å². The summed E-state index contributed by atoms with van der Waals surface area (Å²) in [4.78, 5) is 5.94. The highest BCUT2D eigenvalue weighted by Gasteiger charge is 1.90. The van der Waals surface area contributed by atoms with Gasteiger partial charge >= 0.3 is 0 Å². The first-order valence-electron chi connectivity index (χ1n) is 3.24. The normalized spacial score (nSPS) is 10.1. The molecule has 4 heteroatoms. The summed E-state index contributed by atoms with van der Waals surface area (Å²) < 4.78 is 0.700. The van der Waals surface area contributed by atoms with E-state index in [1.54, 1.807) is 0 Å². The van der Waals surface area contributed by atoms with Crippen LogP contribution in [-0.2, 0) is 6.42 Å². The van der Waals surface area contributed by atoms with E-state index in [2.05, 4.69) is 15.3 Å². The predicted molar refractivity (Wildman–Crippen MR) is 43.6 cm³/mol. The highest BCUT2D eigenvalue weighted by atomic mass is 32.1. The minimum Gasteiger partial charge on any atom is -0.337 e. The molecule has 0 fully saturated rings. The van der Waals surface area contributed by atoms with Crippen LogP contribution in [0.25, 0.3) is 0 Å². The van der Waals surface area contributed by atoms with Gasteiger partial charge in [0.2, 0.25) is 0 Å². The maximum atomic E-state index is 4.85. The van der Waals surface area contributed by atoms with Crippen molar-refractivity contribution >= 4 is 12.2 Å². The maximum Gasteiger partial charge on any atom is 0.174 e. The van der Waals surface area contributed by atoms with E-state index in [-0.39, 0.29) is 0 Å². The van der Waals surface area contributed by atoms with Crippen molar-refractivity contribution in [2.75, 3.05) is 13.6 Å². The van der Waals surface area contributed by atoms with E-state index < -0.39 is 0 Å². The van der Waals surface area contributed by atoms with Crippen LogP contribution in [0.1, 0.15) is 5.69 Å². The van der Waals surface area contributed by atoms with Gasteiger partial charge in [-0.15, -0.1) is 0 Å². The van der Waals surface area contributed by atoms with Crippen LogP contribution in [0.4, 0.5) is 0 Å². The molecule has 0 radical (unpaired) electrons. The zero-order valence-electron chi connectivity index (χ0n) is 5.90. The molecule has 56 valence electrons. The standard InChI is InChI=1S/C6H11N3S/c1-7-3-2-5-4-8-6(10)9-5/h4,7H,2-3H2,1H3,(H2,8,9,10). The van der Waals surface area contributed by atoms with Crippen LogP contribution in [0.5, 0.6) is 0 Å². The van der Waals surface area contributed by atoms with Gasteiger partial charge in [-0.2, -0.15) is 0 Å². The second-order valence-electron chi connectivity index (χ2n) is 2.12. The SMILES string of the molecule is CNCCc1c[nH]c(=S)[nH]1. The Morgan fingerprint density at radius 3 is 3.00 bits per heavy atom. The zero-order valence-corrected chi connectivity index (χ0v) is 6.72. The Labute approximate surface area is 64.9 Å². The molecule has 0 unspecified atom stereocenters. The van der Waals surface area contributed by atoms with Gasteiger partial charge in [0.25, 0.3) is 0 Å². The summed E-state index contributed by atoms with van der Waals surface area (Å²) in [7, 11) is 1.93. The van der Waals surface area contributed by atoms with Crippen molar-refractivity contribution in [3.05, 3.63) is 16.7 Å². The summed E-state index contributed by atoms with van der Waals surface area (Å²) in [5.74, 6) is 0. The van der Waals surface area contributed by atoms with E-state index in [1.807, 2.05) is 13.2 Å². The lowest BCUT2D eigenvalue weighted by Gasteiger charge is -1.93. The van der Waals surface area contributed by atoms with E-state index in [0.29, 0.717) is 4.77 Å². The summed E-state index contributed by atoms with van der Waals surface area (Å²) in [6.07, 6.45) is 2.89. The third-order valence-electron chi connectivity index (χ3n) is 1.30. The molecule has 0 amide bonds. The molecule has 3 nitrogen and oxygen atoms in total. The van der Waals surface area contributed by atoms with Crippen LogP contribution in [0, 0.1) is 4.77 Å². The summed E-state index contributed by atoms with van der Waals surface area (Å²) in [5, 5.41) is 3.06. The fraction of sp³-hybridized carbons (Fsp3) is 0.500. The number of aromatic amines is 2. The van der Waals surface area contributed by atoms with Crippen molar-refractivity contribution in [2.24, 2.45) is 0 Å². The number of H-pyrrole nitrogens is 2. The van der Waals surface area contributed by atoms with E-state index in [1.165, 1.54) is 0 Å². The van der Waals surface area contributed by atoms with Gasteiger partial charge in [-0.05, 0) is 19.3 Å². The summed E-state index contributed by atoms with van der Waals surface area (Å²) in [5.41, 5.74) is 1.15. The van der Waals surface area contributed by atoms with Crippen molar-refractivity contribution in [2.45, 2.75) is 6.42 Å². The molecule has 0 spiro atoms. The van der Waals surface area contributed by atoms with Gasteiger partial charge in [0.1, 0.15) is 0 Å². The minimum atomic E-state index is 0.700. The minimum absolute atomic E-state index is 0.700. The van der Waals surface area contributed by atoms with Crippen molar-refractivity contribution in [3.8, 4) is 0 Å². The second kappa shape index (κ2) is 3.53. The summed E-state index contributed by atoms with van der Waals surface area (Å²) in [6, 6.07) is 0. The molecule has 0 atom stereocenters. The number of nitrogens with one attached hydrogen (secondary N) is 3. The number of likely N-dealkylation sites (N-methyl/N-ethyl adjacent to an activating group) is 1. The van der Waals surface area contributed by atoms with Gasteiger partial charge < -0.3 is 15.3 Å². The lowest BCUT2D eigenvalue weighted by molar-refractivity contribution is 0.779. The fourth-order valence-corrected chi connectivity index (χ4v) is 0.955. The van der Waals surface area contributed by atoms with Gasteiger partial charge in [0.15, 0.2) is 4.77 Å². The first-order valence-corrected chi connectivity index (χ1v) is 3.65. The van der Waals surface area contributed by atoms with Crippen LogP contribution < -0.4 is 5.32 Å². The average Bonchev–Trinajstić information content (AvgIpc) is 2.31. The molecule has 1 aromatic rings. The molecular formula is C6H11N3S. The molecule has 0 saturated heterocycles.